The third-order valence-corrected chi connectivity index (χ3v) is 6.67. The average Bonchev–Trinajstić information content (AvgIpc) is 3.28. The molecule has 2 N–H and O–H groups in total. The molecule has 32 heavy (non-hydrogen) atoms. The zero-order valence-electron chi connectivity index (χ0n) is 18.1. The number of piperidine rings is 1. The fourth-order valence-electron chi connectivity index (χ4n) is 4.92. The first-order valence-electron chi connectivity index (χ1n) is 11.5. The average molecular weight is 436 g/mol. The number of nitrogens with one attached hydrogen (secondary N) is 2. The molecule has 0 spiro atoms. The van der Waals surface area contributed by atoms with Crippen molar-refractivity contribution < 1.29 is 19.1 Å². The van der Waals surface area contributed by atoms with Crippen LogP contribution in [0.2, 0.25) is 0 Å². The van der Waals surface area contributed by atoms with Gasteiger partial charge in [-0.3, -0.25) is 14.5 Å². The van der Waals surface area contributed by atoms with Gasteiger partial charge in [0.15, 0.2) is 11.5 Å². The maximum atomic E-state index is 12.7. The number of hydrogen-bond donors (Lipinski definition) is 2. The van der Waals surface area contributed by atoms with Crippen molar-refractivity contribution in [2.75, 3.05) is 31.7 Å². The topological polar surface area (TPSA) is 79.9 Å². The smallest absolute Gasteiger partial charge is 0.234 e. The van der Waals surface area contributed by atoms with Crippen LogP contribution in [0.1, 0.15) is 42.9 Å². The number of aryl methyl sites for hydroxylation is 1. The number of anilines is 1. The van der Waals surface area contributed by atoms with E-state index >= 15 is 0 Å². The Morgan fingerprint density at radius 1 is 1.00 bits per heavy atom. The van der Waals surface area contributed by atoms with Gasteiger partial charge < -0.3 is 20.1 Å². The predicted octanol–water partition coefficient (Wildman–Crippen LogP) is 3.26. The molecule has 7 heteroatoms. The summed E-state index contributed by atoms with van der Waals surface area (Å²) in [7, 11) is 0. The lowest BCUT2D eigenvalue weighted by Gasteiger charge is -2.32. The Kier molecular flexibility index (Phi) is 5.99. The number of nitrogens with zero attached hydrogens (tertiary/aromatic N) is 1. The van der Waals surface area contributed by atoms with Crippen LogP contribution in [-0.4, -0.2) is 43.1 Å². The number of carbonyl (C=O) groups is 2. The number of rotatable bonds is 5. The lowest BCUT2D eigenvalue weighted by Crippen LogP contribution is -2.44. The van der Waals surface area contributed by atoms with Crippen LogP contribution >= 0.6 is 0 Å². The lowest BCUT2D eigenvalue weighted by atomic mass is 9.88. The molecule has 7 nitrogen and oxygen atoms in total. The number of fused-ring (bicyclic) bond motifs is 2. The van der Waals surface area contributed by atoms with Crippen LogP contribution in [0.3, 0.4) is 0 Å². The van der Waals surface area contributed by atoms with Gasteiger partial charge in [0.1, 0.15) is 0 Å². The summed E-state index contributed by atoms with van der Waals surface area (Å²) in [5, 5.41) is 6.22. The van der Waals surface area contributed by atoms with Crippen LogP contribution < -0.4 is 20.1 Å². The molecule has 1 fully saturated rings. The second-order valence-electron chi connectivity index (χ2n) is 8.82. The van der Waals surface area contributed by atoms with Crippen molar-refractivity contribution in [3.8, 4) is 11.5 Å². The summed E-state index contributed by atoms with van der Waals surface area (Å²) in [4.78, 5) is 27.5. The number of carbonyl (C=O) groups excluding carboxylic acids is 2. The van der Waals surface area contributed by atoms with E-state index in [-0.39, 0.29) is 30.6 Å². The van der Waals surface area contributed by atoms with Crippen molar-refractivity contribution in [1.82, 2.24) is 10.2 Å². The van der Waals surface area contributed by atoms with Gasteiger partial charge in [-0.15, -0.1) is 0 Å². The third-order valence-electron chi connectivity index (χ3n) is 6.67. The SMILES string of the molecule is O=C(CN1CCC(C(=O)Nc2ccc3c(c2)OCO3)CC1)NC1CCCc2ccccc21. The summed E-state index contributed by atoms with van der Waals surface area (Å²) < 4.78 is 10.7. The van der Waals surface area contributed by atoms with E-state index in [1.54, 1.807) is 6.07 Å². The second kappa shape index (κ2) is 9.20. The van der Waals surface area contributed by atoms with Crippen molar-refractivity contribution in [3.05, 3.63) is 53.6 Å². The van der Waals surface area contributed by atoms with Gasteiger partial charge in [0, 0.05) is 17.7 Å². The molecule has 1 aliphatic carbocycles. The monoisotopic (exact) mass is 435 g/mol. The molecule has 0 radical (unpaired) electrons. The van der Waals surface area contributed by atoms with E-state index < -0.39 is 0 Å². The number of amides is 2. The molecular formula is C25H29N3O4. The van der Waals surface area contributed by atoms with Crippen LogP contribution in [-0.2, 0) is 16.0 Å². The summed E-state index contributed by atoms with van der Waals surface area (Å²) in [5.74, 6) is 1.39. The fraction of sp³-hybridized carbons (Fsp3) is 0.440. The van der Waals surface area contributed by atoms with Gasteiger partial charge in [0.05, 0.1) is 12.6 Å². The molecule has 0 bridgehead atoms. The Balaban J connectivity index is 1.09. The maximum absolute atomic E-state index is 12.7. The van der Waals surface area contributed by atoms with Gasteiger partial charge in [-0.05, 0) is 68.5 Å². The maximum Gasteiger partial charge on any atom is 0.234 e. The van der Waals surface area contributed by atoms with Gasteiger partial charge in [0.2, 0.25) is 18.6 Å². The molecular weight excluding hydrogens is 406 g/mol. The molecule has 2 heterocycles. The number of ether oxygens (including phenoxy) is 2. The van der Waals surface area contributed by atoms with E-state index in [4.69, 9.17) is 9.47 Å². The van der Waals surface area contributed by atoms with Crippen molar-refractivity contribution >= 4 is 17.5 Å². The highest BCUT2D eigenvalue weighted by atomic mass is 16.7. The molecule has 1 atom stereocenters. The minimum absolute atomic E-state index is 0.0202. The van der Waals surface area contributed by atoms with Gasteiger partial charge in [-0.2, -0.15) is 0 Å². The molecule has 0 aromatic heterocycles. The Hall–Kier alpha value is -3.06. The first-order chi connectivity index (χ1) is 15.7. The summed E-state index contributed by atoms with van der Waals surface area (Å²) in [5.41, 5.74) is 3.32. The van der Waals surface area contributed by atoms with Gasteiger partial charge in [-0.25, -0.2) is 0 Å². The second-order valence-corrected chi connectivity index (χ2v) is 8.82. The predicted molar refractivity (Wildman–Crippen MR) is 121 cm³/mol. The van der Waals surface area contributed by atoms with Crippen LogP contribution in [0, 0.1) is 5.92 Å². The first-order valence-corrected chi connectivity index (χ1v) is 11.5. The highest BCUT2D eigenvalue weighted by Crippen LogP contribution is 2.34. The molecule has 5 rings (SSSR count). The standard InChI is InChI=1S/C25H29N3O4/c29-24(27-21-7-3-5-17-4-1-2-6-20(17)21)15-28-12-10-18(11-13-28)25(30)26-19-8-9-22-23(14-19)32-16-31-22/h1-2,4,6,8-9,14,18,21H,3,5,7,10-13,15-16H2,(H,26,30)(H,27,29). The van der Waals surface area contributed by atoms with E-state index in [9.17, 15) is 9.59 Å². The van der Waals surface area contributed by atoms with Crippen LogP contribution in [0.15, 0.2) is 42.5 Å². The highest BCUT2D eigenvalue weighted by molar-refractivity contribution is 5.93. The van der Waals surface area contributed by atoms with E-state index in [1.165, 1.54) is 11.1 Å². The van der Waals surface area contributed by atoms with Crippen LogP contribution in [0.25, 0.3) is 0 Å². The van der Waals surface area contributed by atoms with Crippen molar-refractivity contribution in [3.63, 3.8) is 0 Å². The molecule has 0 saturated carbocycles. The van der Waals surface area contributed by atoms with Crippen molar-refractivity contribution in [2.24, 2.45) is 5.92 Å². The van der Waals surface area contributed by atoms with Gasteiger partial charge in [0.25, 0.3) is 0 Å². The van der Waals surface area contributed by atoms with E-state index in [0.29, 0.717) is 23.7 Å². The molecule has 2 aromatic rings. The summed E-state index contributed by atoms with van der Waals surface area (Å²) in [6, 6.07) is 13.9. The highest BCUT2D eigenvalue weighted by Gasteiger charge is 2.27. The molecule has 1 saturated heterocycles. The normalized spacial score (nSPS) is 20.4. The molecule has 2 aliphatic heterocycles. The summed E-state index contributed by atoms with van der Waals surface area (Å²) >= 11 is 0. The van der Waals surface area contributed by atoms with E-state index in [1.807, 2.05) is 18.2 Å². The number of benzene rings is 2. The number of hydrogen-bond acceptors (Lipinski definition) is 5. The van der Waals surface area contributed by atoms with Crippen molar-refractivity contribution in [2.45, 2.75) is 38.1 Å². The van der Waals surface area contributed by atoms with Crippen LogP contribution in [0.5, 0.6) is 11.5 Å². The third kappa shape index (κ3) is 4.58. The zero-order chi connectivity index (χ0) is 21.9. The quantitative estimate of drug-likeness (QED) is 0.754. The van der Waals surface area contributed by atoms with E-state index in [2.05, 4.69) is 33.7 Å². The van der Waals surface area contributed by atoms with Crippen molar-refractivity contribution in [1.29, 1.82) is 0 Å². The largest absolute Gasteiger partial charge is 0.454 e. The molecule has 2 aromatic carbocycles. The summed E-state index contributed by atoms with van der Waals surface area (Å²) in [6.45, 7) is 2.09. The molecule has 1 unspecified atom stereocenters. The zero-order valence-corrected chi connectivity index (χ0v) is 18.1. The molecule has 168 valence electrons. The van der Waals surface area contributed by atoms with E-state index in [0.717, 1.165) is 45.2 Å². The van der Waals surface area contributed by atoms with Gasteiger partial charge >= 0.3 is 0 Å². The Morgan fingerprint density at radius 3 is 2.69 bits per heavy atom. The van der Waals surface area contributed by atoms with Crippen LogP contribution in [0.4, 0.5) is 5.69 Å². The molecule has 3 aliphatic rings. The summed E-state index contributed by atoms with van der Waals surface area (Å²) in [6.07, 6.45) is 4.67. The lowest BCUT2D eigenvalue weighted by molar-refractivity contribution is -0.124. The first kappa shape index (κ1) is 20.8. The minimum Gasteiger partial charge on any atom is -0.454 e. The Morgan fingerprint density at radius 2 is 1.81 bits per heavy atom. The fourth-order valence-corrected chi connectivity index (χ4v) is 4.92. The Bertz CT molecular complexity index is 1000. The van der Waals surface area contributed by atoms with Gasteiger partial charge in [-0.1, -0.05) is 24.3 Å². The Labute approximate surface area is 188 Å². The number of likely N-dealkylation sites (tertiary alicyclic amines) is 1. The molecule has 2 amide bonds. The minimum atomic E-state index is -0.0510.